The maximum atomic E-state index is 6.05. The number of nitrogens with zero attached hydrogens (tertiary/aromatic N) is 1. The van der Waals surface area contributed by atoms with Crippen molar-refractivity contribution in [2.24, 2.45) is 0 Å². The zero-order chi connectivity index (χ0) is 13.9. The summed E-state index contributed by atoms with van der Waals surface area (Å²) in [6, 6.07) is 15.2. The molecule has 1 heterocycles. The second kappa shape index (κ2) is 5.94. The molecule has 0 bridgehead atoms. The normalized spacial score (nSPS) is 23.1. The van der Waals surface area contributed by atoms with E-state index in [-0.39, 0.29) is 0 Å². The van der Waals surface area contributed by atoms with Crippen LogP contribution in [0.15, 0.2) is 48.7 Å². The van der Waals surface area contributed by atoms with Crippen molar-refractivity contribution in [3.05, 3.63) is 64.9 Å². The standard InChI is InChI=1S/C17H19ClN2/c1-12(17-7-2-3-8-19-17)20-16-10-14(11-16)13-5-4-6-15(18)9-13/h2-9,12,14,16,20H,10-11H2,1H3/t12-,14?,16?/m0/s1. The average Bonchev–Trinajstić information content (AvgIpc) is 2.43. The molecule has 3 heteroatoms. The van der Waals surface area contributed by atoms with Crippen molar-refractivity contribution < 1.29 is 0 Å². The smallest absolute Gasteiger partial charge is 0.0570 e. The first-order valence-electron chi connectivity index (χ1n) is 7.15. The Bertz CT molecular complexity index is 564. The molecule has 1 aliphatic carbocycles. The van der Waals surface area contributed by atoms with Gasteiger partial charge in [0.05, 0.1) is 5.69 Å². The molecule has 20 heavy (non-hydrogen) atoms. The van der Waals surface area contributed by atoms with E-state index in [1.165, 1.54) is 18.4 Å². The van der Waals surface area contributed by atoms with Crippen LogP contribution in [0.4, 0.5) is 0 Å². The number of halogens is 1. The molecule has 104 valence electrons. The topological polar surface area (TPSA) is 24.9 Å². The van der Waals surface area contributed by atoms with Gasteiger partial charge < -0.3 is 5.32 Å². The van der Waals surface area contributed by atoms with E-state index in [1.54, 1.807) is 0 Å². The van der Waals surface area contributed by atoms with E-state index in [1.807, 2.05) is 30.5 Å². The van der Waals surface area contributed by atoms with Gasteiger partial charge in [0.25, 0.3) is 0 Å². The Morgan fingerprint density at radius 2 is 2.05 bits per heavy atom. The number of benzene rings is 1. The zero-order valence-electron chi connectivity index (χ0n) is 11.6. The quantitative estimate of drug-likeness (QED) is 0.905. The van der Waals surface area contributed by atoms with E-state index in [0.29, 0.717) is 18.0 Å². The molecule has 1 aromatic carbocycles. The number of nitrogens with one attached hydrogen (secondary N) is 1. The van der Waals surface area contributed by atoms with E-state index in [4.69, 9.17) is 11.6 Å². The van der Waals surface area contributed by atoms with Crippen LogP contribution in [0.25, 0.3) is 0 Å². The van der Waals surface area contributed by atoms with Gasteiger partial charge in [0.1, 0.15) is 0 Å². The van der Waals surface area contributed by atoms with Crippen LogP contribution in [-0.2, 0) is 0 Å². The molecule has 0 amide bonds. The molecule has 0 spiro atoms. The van der Waals surface area contributed by atoms with Crippen LogP contribution in [0.1, 0.15) is 43.0 Å². The molecular weight excluding hydrogens is 268 g/mol. The van der Waals surface area contributed by atoms with Crippen LogP contribution in [0, 0.1) is 0 Å². The average molecular weight is 287 g/mol. The summed E-state index contributed by atoms with van der Waals surface area (Å²) in [6.45, 7) is 2.18. The van der Waals surface area contributed by atoms with E-state index in [2.05, 4.69) is 35.4 Å². The summed E-state index contributed by atoms with van der Waals surface area (Å²) in [6.07, 6.45) is 4.21. The fourth-order valence-corrected chi connectivity index (χ4v) is 3.06. The number of rotatable bonds is 4. The molecule has 1 saturated carbocycles. The summed E-state index contributed by atoms with van der Waals surface area (Å²) in [4.78, 5) is 4.40. The first-order chi connectivity index (χ1) is 9.72. The Morgan fingerprint density at radius 3 is 2.75 bits per heavy atom. The summed E-state index contributed by atoms with van der Waals surface area (Å²) in [5, 5.41) is 4.49. The number of aromatic nitrogens is 1. The predicted molar refractivity (Wildman–Crippen MR) is 83.0 cm³/mol. The molecule has 1 aromatic heterocycles. The monoisotopic (exact) mass is 286 g/mol. The van der Waals surface area contributed by atoms with Crippen LogP contribution in [0.2, 0.25) is 5.02 Å². The van der Waals surface area contributed by atoms with Gasteiger partial charge in [-0.1, -0.05) is 29.8 Å². The Balaban J connectivity index is 1.54. The van der Waals surface area contributed by atoms with Gasteiger partial charge >= 0.3 is 0 Å². The SMILES string of the molecule is C[C@H](NC1CC(c2cccc(Cl)c2)C1)c1ccccn1. The van der Waals surface area contributed by atoms with E-state index in [9.17, 15) is 0 Å². The van der Waals surface area contributed by atoms with Crippen molar-refractivity contribution in [1.29, 1.82) is 0 Å². The molecule has 0 aliphatic heterocycles. The highest BCUT2D eigenvalue weighted by atomic mass is 35.5. The van der Waals surface area contributed by atoms with Crippen LogP contribution in [0.3, 0.4) is 0 Å². The van der Waals surface area contributed by atoms with Crippen molar-refractivity contribution in [1.82, 2.24) is 10.3 Å². The Labute approximate surface area is 125 Å². The largest absolute Gasteiger partial charge is 0.306 e. The number of pyridine rings is 1. The first-order valence-corrected chi connectivity index (χ1v) is 7.52. The summed E-state index contributed by atoms with van der Waals surface area (Å²) in [5.74, 6) is 0.641. The van der Waals surface area contributed by atoms with E-state index >= 15 is 0 Å². The lowest BCUT2D eigenvalue weighted by molar-refractivity contribution is 0.269. The van der Waals surface area contributed by atoms with Gasteiger partial charge in [-0.25, -0.2) is 0 Å². The fraction of sp³-hybridized carbons (Fsp3) is 0.353. The molecule has 1 aliphatic rings. The van der Waals surface area contributed by atoms with Crippen LogP contribution < -0.4 is 5.32 Å². The number of hydrogen-bond acceptors (Lipinski definition) is 2. The Morgan fingerprint density at radius 1 is 1.20 bits per heavy atom. The minimum atomic E-state index is 0.307. The summed E-state index contributed by atoms with van der Waals surface area (Å²) >= 11 is 6.05. The molecule has 0 saturated heterocycles. The lowest BCUT2D eigenvalue weighted by Gasteiger charge is -2.38. The zero-order valence-corrected chi connectivity index (χ0v) is 12.3. The molecule has 0 unspecified atom stereocenters. The lowest BCUT2D eigenvalue weighted by Crippen LogP contribution is -2.41. The third kappa shape index (κ3) is 3.02. The van der Waals surface area contributed by atoms with Crippen molar-refractivity contribution in [3.63, 3.8) is 0 Å². The van der Waals surface area contributed by atoms with Crippen molar-refractivity contribution >= 4 is 11.6 Å². The van der Waals surface area contributed by atoms with Gasteiger partial charge in [0.2, 0.25) is 0 Å². The van der Waals surface area contributed by atoms with E-state index in [0.717, 1.165) is 10.7 Å². The maximum absolute atomic E-state index is 6.05. The van der Waals surface area contributed by atoms with Gasteiger partial charge in [-0.3, -0.25) is 4.98 Å². The number of hydrogen-bond donors (Lipinski definition) is 1. The van der Waals surface area contributed by atoms with Gasteiger partial charge in [0, 0.05) is 23.3 Å². The second-order valence-corrected chi connectivity index (χ2v) is 6.00. The lowest BCUT2D eigenvalue weighted by atomic mass is 9.75. The van der Waals surface area contributed by atoms with Gasteiger partial charge in [-0.05, 0) is 55.5 Å². The summed E-state index contributed by atoms with van der Waals surface area (Å²) in [7, 11) is 0. The highest BCUT2D eigenvalue weighted by Crippen LogP contribution is 2.38. The molecule has 2 nitrogen and oxygen atoms in total. The second-order valence-electron chi connectivity index (χ2n) is 5.56. The van der Waals surface area contributed by atoms with Crippen LogP contribution in [0.5, 0.6) is 0 Å². The van der Waals surface area contributed by atoms with Crippen molar-refractivity contribution in [3.8, 4) is 0 Å². The Kier molecular flexibility index (Phi) is 4.04. The third-order valence-corrected chi connectivity index (χ3v) is 4.31. The van der Waals surface area contributed by atoms with Crippen molar-refractivity contribution in [2.45, 2.75) is 37.8 Å². The summed E-state index contributed by atoms with van der Waals surface area (Å²) in [5.41, 5.74) is 2.47. The third-order valence-electron chi connectivity index (χ3n) is 4.08. The summed E-state index contributed by atoms with van der Waals surface area (Å²) < 4.78 is 0. The first kappa shape index (κ1) is 13.6. The predicted octanol–water partition coefficient (Wildman–Crippen LogP) is 4.33. The van der Waals surface area contributed by atoms with Crippen LogP contribution in [-0.4, -0.2) is 11.0 Å². The molecule has 1 fully saturated rings. The van der Waals surface area contributed by atoms with Gasteiger partial charge in [0.15, 0.2) is 0 Å². The minimum Gasteiger partial charge on any atom is -0.306 e. The maximum Gasteiger partial charge on any atom is 0.0570 e. The molecule has 3 rings (SSSR count). The minimum absolute atomic E-state index is 0.307. The van der Waals surface area contributed by atoms with E-state index < -0.39 is 0 Å². The molecule has 1 atom stereocenters. The highest BCUT2D eigenvalue weighted by Gasteiger charge is 2.31. The van der Waals surface area contributed by atoms with Gasteiger partial charge in [-0.15, -0.1) is 0 Å². The molecule has 0 radical (unpaired) electrons. The highest BCUT2D eigenvalue weighted by molar-refractivity contribution is 6.30. The molecular formula is C17H19ClN2. The fourth-order valence-electron chi connectivity index (χ4n) is 2.86. The molecule has 1 N–H and O–H groups in total. The Hall–Kier alpha value is -1.38. The van der Waals surface area contributed by atoms with Gasteiger partial charge in [-0.2, -0.15) is 0 Å². The molecule has 2 aromatic rings. The van der Waals surface area contributed by atoms with Crippen LogP contribution >= 0.6 is 11.6 Å². The van der Waals surface area contributed by atoms with Crippen molar-refractivity contribution in [2.75, 3.05) is 0 Å².